The Hall–Kier alpha value is -3.55. The van der Waals surface area contributed by atoms with Gasteiger partial charge in [0.1, 0.15) is 5.82 Å². The first-order chi connectivity index (χ1) is 13.1. The molecule has 0 atom stereocenters. The Morgan fingerprint density at radius 3 is 2.74 bits per heavy atom. The molecule has 0 aliphatic rings. The summed E-state index contributed by atoms with van der Waals surface area (Å²) >= 11 is 0. The molecule has 1 aromatic carbocycles. The molecule has 3 aromatic heterocycles. The van der Waals surface area contributed by atoms with Crippen molar-refractivity contribution in [1.82, 2.24) is 24.9 Å². The molecule has 0 bridgehead atoms. The fourth-order valence-corrected chi connectivity index (χ4v) is 2.71. The first-order valence-electron chi connectivity index (χ1n) is 8.42. The van der Waals surface area contributed by atoms with E-state index < -0.39 is 0 Å². The van der Waals surface area contributed by atoms with Crippen LogP contribution in [0.4, 0.5) is 4.39 Å². The molecular weight excluding hydrogens is 349 g/mol. The summed E-state index contributed by atoms with van der Waals surface area (Å²) < 4.78 is 20.1. The van der Waals surface area contributed by atoms with Crippen molar-refractivity contribution in [2.24, 2.45) is 0 Å². The molecule has 0 radical (unpaired) electrons. The molecule has 0 aliphatic carbocycles. The fourth-order valence-electron chi connectivity index (χ4n) is 2.71. The van der Waals surface area contributed by atoms with Crippen LogP contribution in [-0.4, -0.2) is 32.0 Å². The predicted octanol–water partition coefficient (Wildman–Crippen LogP) is 2.80. The molecule has 0 unspecified atom stereocenters. The number of carbonyl (C=O) groups excluding carboxylic acids is 1. The zero-order chi connectivity index (χ0) is 18.8. The smallest absolute Gasteiger partial charge is 0.325 e. The Labute approximate surface area is 153 Å². The number of aromatic nitrogens is 4. The van der Waals surface area contributed by atoms with Crippen molar-refractivity contribution in [3.8, 4) is 11.4 Å². The van der Waals surface area contributed by atoms with Gasteiger partial charge in [-0.05, 0) is 43.3 Å². The number of hydrogen-bond donors (Lipinski definition) is 1. The summed E-state index contributed by atoms with van der Waals surface area (Å²) in [5, 5.41) is 7.15. The molecule has 7 nitrogen and oxygen atoms in total. The minimum atomic E-state index is -0.334. The number of nitrogens with one attached hydrogen (secondary N) is 1. The van der Waals surface area contributed by atoms with Crippen LogP contribution in [0.25, 0.3) is 17.2 Å². The van der Waals surface area contributed by atoms with Crippen molar-refractivity contribution >= 4 is 11.8 Å². The largest absolute Gasteiger partial charge is 0.416 e. The zero-order valence-electron chi connectivity index (χ0n) is 14.5. The Balaban J connectivity index is 1.49. The Morgan fingerprint density at radius 2 is 2.04 bits per heavy atom. The highest BCUT2D eigenvalue weighted by Crippen LogP contribution is 2.20. The predicted molar refractivity (Wildman–Crippen MR) is 95.7 cm³/mol. The van der Waals surface area contributed by atoms with Gasteiger partial charge in [-0.15, -0.1) is 5.10 Å². The molecule has 0 saturated carbocycles. The van der Waals surface area contributed by atoms with Gasteiger partial charge in [0.15, 0.2) is 5.82 Å². The molecule has 27 heavy (non-hydrogen) atoms. The van der Waals surface area contributed by atoms with Crippen LogP contribution in [0.5, 0.6) is 0 Å². The summed E-state index contributed by atoms with van der Waals surface area (Å²) in [4.78, 5) is 20.9. The van der Waals surface area contributed by atoms with Crippen LogP contribution in [0.2, 0.25) is 0 Å². The van der Waals surface area contributed by atoms with Crippen molar-refractivity contribution < 1.29 is 13.6 Å². The molecule has 1 amide bonds. The third-order valence-electron chi connectivity index (χ3n) is 4.12. The second kappa shape index (κ2) is 6.99. The summed E-state index contributed by atoms with van der Waals surface area (Å²) in [6.07, 6.45) is 2.34. The molecule has 4 aromatic rings. The quantitative estimate of drug-likeness (QED) is 0.588. The van der Waals surface area contributed by atoms with Crippen LogP contribution in [0.3, 0.4) is 0 Å². The van der Waals surface area contributed by atoms with E-state index in [2.05, 4.69) is 20.4 Å². The first kappa shape index (κ1) is 16.9. The highest BCUT2D eigenvalue weighted by molar-refractivity contribution is 5.92. The van der Waals surface area contributed by atoms with Crippen molar-refractivity contribution in [2.45, 2.75) is 13.3 Å². The standard InChI is InChI=1S/C19H16FN5O2/c1-12-16(18(26)22-11-9-15-4-2-3-10-21-15)27-19-23-17(24-25(12)19)13-5-7-14(20)8-6-13/h2-8,10H,9,11H2,1H3,(H,22,26). The zero-order valence-corrected chi connectivity index (χ0v) is 14.5. The maximum absolute atomic E-state index is 13.1. The minimum Gasteiger partial charge on any atom is -0.416 e. The van der Waals surface area contributed by atoms with E-state index in [0.29, 0.717) is 30.0 Å². The topological polar surface area (TPSA) is 85.3 Å². The normalized spacial score (nSPS) is 11.0. The van der Waals surface area contributed by atoms with Crippen molar-refractivity contribution in [3.63, 3.8) is 0 Å². The van der Waals surface area contributed by atoms with Crippen LogP contribution < -0.4 is 5.32 Å². The number of hydrogen-bond acceptors (Lipinski definition) is 5. The van der Waals surface area contributed by atoms with E-state index in [9.17, 15) is 9.18 Å². The lowest BCUT2D eigenvalue weighted by Gasteiger charge is -2.03. The van der Waals surface area contributed by atoms with Crippen LogP contribution in [0.15, 0.2) is 53.1 Å². The van der Waals surface area contributed by atoms with Gasteiger partial charge in [-0.3, -0.25) is 9.78 Å². The average Bonchev–Trinajstić information content (AvgIpc) is 3.23. The number of aryl methyl sites for hydroxylation is 1. The molecule has 1 N–H and O–H groups in total. The Morgan fingerprint density at radius 1 is 1.22 bits per heavy atom. The second-order valence-corrected chi connectivity index (χ2v) is 5.98. The van der Waals surface area contributed by atoms with E-state index in [1.807, 2.05) is 18.2 Å². The van der Waals surface area contributed by atoms with Crippen molar-refractivity contribution in [2.75, 3.05) is 6.54 Å². The van der Waals surface area contributed by atoms with Gasteiger partial charge in [0.05, 0.1) is 5.69 Å². The molecule has 8 heteroatoms. The lowest BCUT2D eigenvalue weighted by molar-refractivity contribution is 0.0927. The summed E-state index contributed by atoms with van der Waals surface area (Å²) in [6, 6.07) is 11.5. The number of carbonyl (C=O) groups is 1. The SMILES string of the molecule is Cc1c(C(=O)NCCc2ccccn2)oc2nc(-c3ccc(F)cc3)nn12. The van der Waals surface area contributed by atoms with E-state index in [0.717, 1.165) is 5.69 Å². The number of benzene rings is 1. The molecule has 0 saturated heterocycles. The van der Waals surface area contributed by atoms with E-state index in [-0.39, 0.29) is 23.3 Å². The van der Waals surface area contributed by atoms with Gasteiger partial charge < -0.3 is 9.73 Å². The van der Waals surface area contributed by atoms with Gasteiger partial charge in [-0.2, -0.15) is 9.50 Å². The number of fused-ring (bicyclic) bond motifs is 1. The molecular formula is C19H16FN5O2. The molecule has 0 aliphatic heterocycles. The number of amides is 1. The van der Waals surface area contributed by atoms with E-state index >= 15 is 0 Å². The van der Waals surface area contributed by atoms with Gasteiger partial charge in [0, 0.05) is 30.4 Å². The van der Waals surface area contributed by atoms with Crippen LogP contribution in [0.1, 0.15) is 21.9 Å². The lowest BCUT2D eigenvalue weighted by Crippen LogP contribution is -2.26. The first-order valence-corrected chi connectivity index (χ1v) is 8.42. The van der Waals surface area contributed by atoms with Crippen LogP contribution in [0, 0.1) is 12.7 Å². The molecule has 4 rings (SSSR count). The highest BCUT2D eigenvalue weighted by atomic mass is 19.1. The Kier molecular flexibility index (Phi) is 4.37. The Bertz CT molecular complexity index is 1090. The lowest BCUT2D eigenvalue weighted by atomic mass is 10.2. The molecule has 0 spiro atoms. The molecule has 0 fully saturated rings. The molecule has 136 valence electrons. The van der Waals surface area contributed by atoms with Crippen molar-refractivity contribution in [1.29, 1.82) is 0 Å². The van der Waals surface area contributed by atoms with E-state index in [4.69, 9.17) is 4.42 Å². The monoisotopic (exact) mass is 365 g/mol. The van der Waals surface area contributed by atoms with Crippen molar-refractivity contribution in [3.05, 3.63) is 71.6 Å². The van der Waals surface area contributed by atoms with Gasteiger partial charge >= 0.3 is 5.84 Å². The van der Waals surface area contributed by atoms with Crippen LogP contribution >= 0.6 is 0 Å². The van der Waals surface area contributed by atoms with E-state index in [1.54, 1.807) is 25.3 Å². The van der Waals surface area contributed by atoms with Gasteiger partial charge in [-0.1, -0.05) is 6.07 Å². The maximum atomic E-state index is 13.1. The number of halogens is 1. The van der Waals surface area contributed by atoms with Gasteiger partial charge in [-0.25, -0.2) is 4.39 Å². The van der Waals surface area contributed by atoms with Gasteiger partial charge in [0.25, 0.3) is 5.91 Å². The van der Waals surface area contributed by atoms with E-state index in [1.165, 1.54) is 16.6 Å². The van der Waals surface area contributed by atoms with Crippen LogP contribution in [-0.2, 0) is 6.42 Å². The number of rotatable bonds is 5. The highest BCUT2D eigenvalue weighted by Gasteiger charge is 2.21. The third-order valence-corrected chi connectivity index (χ3v) is 4.12. The fraction of sp³-hybridized carbons (Fsp3) is 0.158. The second-order valence-electron chi connectivity index (χ2n) is 5.98. The number of oxazole rings is 1. The maximum Gasteiger partial charge on any atom is 0.325 e. The summed E-state index contributed by atoms with van der Waals surface area (Å²) in [7, 11) is 0. The summed E-state index contributed by atoms with van der Waals surface area (Å²) in [6.45, 7) is 2.17. The summed E-state index contributed by atoms with van der Waals surface area (Å²) in [5.41, 5.74) is 2.10. The van der Waals surface area contributed by atoms with Gasteiger partial charge in [0.2, 0.25) is 5.76 Å². The summed E-state index contributed by atoms with van der Waals surface area (Å²) in [5.74, 6) is 0.110. The minimum absolute atomic E-state index is 0.164. The number of pyridine rings is 1. The third kappa shape index (κ3) is 3.41. The number of nitrogens with zero attached hydrogens (tertiary/aromatic N) is 4. The molecule has 3 heterocycles. The average molecular weight is 365 g/mol.